The van der Waals surface area contributed by atoms with Crippen molar-refractivity contribution in [2.75, 3.05) is 0 Å². The summed E-state index contributed by atoms with van der Waals surface area (Å²) in [5.74, 6) is -0.407. The van der Waals surface area contributed by atoms with Crippen LogP contribution in [0.25, 0.3) is 0 Å². The van der Waals surface area contributed by atoms with E-state index < -0.39 is 5.91 Å². The Hall–Kier alpha value is -2.35. The summed E-state index contributed by atoms with van der Waals surface area (Å²) < 4.78 is 0. The van der Waals surface area contributed by atoms with E-state index in [1.54, 1.807) is 6.07 Å². The average Bonchev–Trinajstić information content (AvgIpc) is 2.65. The van der Waals surface area contributed by atoms with Gasteiger partial charge in [0.15, 0.2) is 0 Å². The van der Waals surface area contributed by atoms with Gasteiger partial charge in [-0.05, 0) is 6.07 Å². The molecular weight excluding hydrogens is 198 g/mol. The van der Waals surface area contributed by atoms with E-state index in [9.17, 15) is 4.79 Å². The summed E-state index contributed by atoms with van der Waals surface area (Å²) in [4.78, 5) is 22.7. The fourth-order valence-electron chi connectivity index (χ4n) is 0.886. The van der Waals surface area contributed by atoms with Crippen molar-refractivity contribution >= 4 is 11.7 Å². The van der Waals surface area contributed by atoms with Crippen molar-refractivity contribution in [1.82, 2.24) is 26.5 Å². The van der Waals surface area contributed by atoms with Crippen LogP contribution in [0.4, 0.5) is 0 Å². The van der Waals surface area contributed by atoms with Crippen LogP contribution in [0, 0.1) is 0 Å². The highest BCUT2D eigenvalue weighted by atomic mass is 16.2. The minimum absolute atomic E-state index is 0.0921. The van der Waals surface area contributed by atoms with Crippen LogP contribution < -0.4 is 21.9 Å². The number of amidine groups is 1. The van der Waals surface area contributed by atoms with Gasteiger partial charge in [0.25, 0.3) is 0 Å². The van der Waals surface area contributed by atoms with Crippen LogP contribution in [-0.2, 0) is 4.79 Å². The van der Waals surface area contributed by atoms with Crippen molar-refractivity contribution < 1.29 is 4.79 Å². The molecule has 0 radical (unpaired) electrons. The Morgan fingerprint density at radius 3 is 3.13 bits per heavy atom. The molecule has 1 aromatic heterocycles. The zero-order valence-electron chi connectivity index (χ0n) is 7.51. The third-order valence-corrected chi connectivity index (χ3v) is 1.51. The lowest BCUT2D eigenvalue weighted by atomic mass is 10.5. The summed E-state index contributed by atoms with van der Waals surface area (Å²) in [6.45, 7) is 0. The van der Waals surface area contributed by atoms with Crippen molar-refractivity contribution in [3.8, 4) is 0 Å². The quantitative estimate of drug-likeness (QED) is 0.482. The minimum Gasteiger partial charge on any atom is -0.281 e. The van der Waals surface area contributed by atoms with Crippen LogP contribution in [0.3, 0.4) is 0 Å². The number of carbonyl (C=O) groups is 1. The second kappa shape index (κ2) is 4.24. The van der Waals surface area contributed by atoms with Crippen LogP contribution in [0.2, 0.25) is 0 Å². The molecule has 3 N–H and O–H groups in total. The van der Waals surface area contributed by atoms with Crippen molar-refractivity contribution in [3.05, 3.63) is 30.1 Å². The monoisotopic (exact) mass is 205 g/mol. The molecule has 0 aromatic carbocycles. The first-order valence-electron chi connectivity index (χ1n) is 4.04. The normalized spacial score (nSPS) is 15.2. The second-order valence-corrected chi connectivity index (χ2v) is 2.52. The van der Waals surface area contributed by atoms with Gasteiger partial charge in [0.1, 0.15) is 6.33 Å². The Kier molecular flexibility index (Phi) is 2.61. The number of hydrogen-bond donors (Lipinski definition) is 3. The van der Waals surface area contributed by atoms with E-state index in [2.05, 4.69) is 36.6 Å². The molecule has 1 amide bonds. The number of amides is 1. The maximum Gasteiger partial charge on any atom is 0.316 e. The van der Waals surface area contributed by atoms with Gasteiger partial charge in [0.05, 0.1) is 11.6 Å². The summed E-state index contributed by atoms with van der Waals surface area (Å²) in [6, 6.07) is 1.57. The van der Waals surface area contributed by atoms with Crippen LogP contribution in [0.5, 0.6) is 0 Å². The summed E-state index contributed by atoms with van der Waals surface area (Å²) in [5.41, 5.74) is 7.29. The van der Waals surface area contributed by atoms with E-state index in [0.717, 1.165) is 0 Å². The predicted octanol–water partition coefficient (Wildman–Crippen LogP) is -2.17. The first-order chi connectivity index (χ1) is 7.36. The molecule has 2 rings (SSSR count). The third-order valence-electron chi connectivity index (χ3n) is 1.51. The summed E-state index contributed by atoms with van der Waals surface area (Å²) >= 11 is 0. The van der Waals surface area contributed by atoms with E-state index in [-0.39, 0.29) is 5.84 Å². The minimum atomic E-state index is -0.500. The van der Waals surface area contributed by atoms with Crippen molar-refractivity contribution in [2.24, 2.45) is 10.1 Å². The lowest BCUT2D eigenvalue weighted by molar-refractivity contribution is -0.112. The van der Waals surface area contributed by atoms with E-state index in [1.807, 2.05) is 0 Å². The number of hydrogen-bond acceptors (Lipinski definition) is 7. The van der Waals surface area contributed by atoms with Gasteiger partial charge < -0.3 is 0 Å². The molecule has 0 bridgehead atoms. The predicted molar refractivity (Wildman–Crippen MR) is 49.4 cm³/mol. The molecule has 0 saturated carbocycles. The Morgan fingerprint density at radius 2 is 2.33 bits per heavy atom. The topological polar surface area (TPSA) is 104 Å². The third kappa shape index (κ3) is 2.31. The molecule has 8 nitrogen and oxygen atoms in total. The zero-order valence-corrected chi connectivity index (χ0v) is 7.51. The Morgan fingerprint density at radius 1 is 1.40 bits per heavy atom. The number of carbonyl (C=O) groups excluding carboxylic acids is 1. The Labute approximate surface area is 84.1 Å². The summed E-state index contributed by atoms with van der Waals surface area (Å²) in [5, 5.41) is 4.02. The van der Waals surface area contributed by atoms with Gasteiger partial charge in [-0.3, -0.25) is 10.2 Å². The average molecular weight is 205 g/mol. The lowest BCUT2D eigenvalue weighted by Crippen LogP contribution is -2.38. The van der Waals surface area contributed by atoms with E-state index in [4.69, 9.17) is 0 Å². The summed E-state index contributed by atoms with van der Waals surface area (Å²) in [6.07, 6.45) is 4.29. The molecular formula is C7H7N7O. The SMILES string of the molecule is O=C(N=c1ccncnc1)C1=NNNN1. The van der Waals surface area contributed by atoms with Gasteiger partial charge in [-0.1, -0.05) is 0 Å². The lowest BCUT2D eigenvalue weighted by Gasteiger charge is -1.91. The highest BCUT2D eigenvalue weighted by Crippen LogP contribution is 1.80. The maximum atomic E-state index is 11.4. The molecule has 8 heteroatoms. The fourth-order valence-corrected chi connectivity index (χ4v) is 0.886. The molecule has 1 aliphatic rings. The van der Waals surface area contributed by atoms with Gasteiger partial charge in [-0.15, -0.1) is 10.6 Å². The molecule has 0 fully saturated rings. The largest absolute Gasteiger partial charge is 0.316 e. The molecule has 0 atom stereocenters. The van der Waals surface area contributed by atoms with E-state index in [0.29, 0.717) is 5.36 Å². The van der Waals surface area contributed by atoms with E-state index in [1.165, 1.54) is 18.7 Å². The number of hydrazine groups is 2. The molecule has 0 aliphatic carbocycles. The number of hydrazone groups is 1. The molecule has 76 valence electrons. The molecule has 0 unspecified atom stereocenters. The van der Waals surface area contributed by atoms with Crippen molar-refractivity contribution in [1.29, 1.82) is 0 Å². The maximum absolute atomic E-state index is 11.4. The number of nitrogens with zero attached hydrogens (tertiary/aromatic N) is 4. The molecule has 2 heterocycles. The number of nitrogens with one attached hydrogen (secondary N) is 3. The number of rotatable bonds is 1. The molecule has 0 saturated heterocycles. The molecule has 1 aromatic rings. The van der Waals surface area contributed by atoms with Crippen LogP contribution in [0.1, 0.15) is 0 Å². The van der Waals surface area contributed by atoms with Crippen LogP contribution in [0.15, 0.2) is 34.9 Å². The Balaban J connectivity index is 2.27. The van der Waals surface area contributed by atoms with Gasteiger partial charge in [0.2, 0.25) is 5.84 Å². The zero-order chi connectivity index (χ0) is 10.5. The molecule has 15 heavy (non-hydrogen) atoms. The van der Waals surface area contributed by atoms with Crippen molar-refractivity contribution in [3.63, 3.8) is 0 Å². The molecule has 1 aliphatic heterocycles. The Bertz CT molecular complexity index is 447. The van der Waals surface area contributed by atoms with E-state index >= 15 is 0 Å². The van der Waals surface area contributed by atoms with Gasteiger partial charge >= 0.3 is 5.91 Å². The highest BCUT2D eigenvalue weighted by molar-refractivity contribution is 6.38. The standard InChI is InChI=1S/C7H7N7O/c15-7(6-11-13-14-12-6)10-5-1-2-8-4-9-3-5/h1-4,13-14H,(H,11,12). The van der Waals surface area contributed by atoms with Gasteiger partial charge in [0, 0.05) is 6.20 Å². The fraction of sp³-hybridized carbons (Fsp3) is 0. The van der Waals surface area contributed by atoms with Crippen LogP contribution in [-0.4, -0.2) is 21.7 Å². The first-order valence-corrected chi connectivity index (χ1v) is 4.04. The van der Waals surface area contributed by atoms with Crippen molar-refractivity contribution in [2.45, 2.75) is 0 Å². The van der Waals surface area contributed by atoms with Crippen LogP contribution >= 0.6 is 0 Å². The second-order valence-electron chi connectivity index (χ2n) is 2.52. The summed E-state index contributed by atoms with van der Waals surface area (Å²) in [7, 11) is 0. The smallest absolute Gasteiger partial charge is 0.281 e. The first kappa shape index (κ1) is 9.21. The number of aromatic nitrogens is 2. The van der Waals surface area contributed by atoms with Gasteiger partial charge in [-0.25, -0.2) is 20.5 Å². The highest BCUT2D eigenvalue weighted by Gasteiger charge is 2.12. The van der Waals surface area contributed by atoms with Gasteiger partial charge in [-0.2, -0.15) is 0 Å². The molecule has 0 spiro atoms.